The number of nitrogens with zero attached hydrogens (tertiary/aromatic N) is 2. The average Bonchev–Trinajstić information content (AvgIpc) is 2.52. The third-order valence-electron chi connectivity index (χ3n) is 2.99. The number of halogens is 3. The highest BCUT2D eigenvalue weighted by Gasteiger charge is 2.31. The molecule has 104 valence electrons. The van der Waals surface area contributed by atoms with Crippen molar-refractivity contribution in [3.8, 4) is 0 Å². The molecule has 0 aliphatic rings. The number of imidazole rings is 1. The zero-order chi connectivity index (χ0) is 14.4. The molecule has 0 aliphatic carbocycles. The van der Waals surface area contributed by atoms with Gasteiger partial charge < -0.3 is 4.57 Å². The standard InChI is InChI=1S/C14H17F3N2/c1-13(2,3)8-12-18-10-7-9(14(15,16)17)5-6-11(10)19(12)4/h5-7H,8H2,1-4H3. The molecule has 0 radical (unpaired) electrons. The molecular weight excluding hydrogens is 253 g/mol. The topological polar surface area (TPSA) is 17.8 Å². The van der Waals surface area contributed by atoms with Crippen LogP contribution in [0.2, 0.25) is 0 Å². The van der Waals surface area contributed by atoms with Crippen LogP contribution in [0.3, 0.4) is 0 Å². The van der Waals surface area contributed by atoms with Gasteiger partial charge in [-0.15, -0.1) is 0 Å². The molecule has 0 saturated carbocycles. The summed E-state index contributed by atoms with van der Waals surface area (Å²) >= 11 is 0. The van der Waals surface area contributed by atoms with Gasteiger partial charge in [0.05, 0.1) is 16.6 Å². The van der Waals surface area contributed by atoms with Crippen LogP contribution in [-0.4, -0.2) is 9.55 Å². The number of aromatic nitrogens is 2. The van der Waals surface area contributed by atoms with Crippen molar-refractivity contribution in [2.45, 2.75) is 33.4 Å². The summed E-state index contributed by atoms with van der Waals surface area (Å²) in [5, 5.41) is 0. The first-order valence-electron chi connectivity index (χ1n) is 6.10. The van der Waals surface area contributed by atoms with Gasteiger partial charge in [-0.25, -0.2) is 4.98 Å². The summed E-state index contributed by atoms with van der Waals surface area (Å²) in [5.41, 5.74) is 0.520. The summed E-state index contributed by atoms with van der Waals surface area (Å²) in [4.78, 5) is 4.33. The van der Waals surface area contributed by atoms with E-state index < -0.39 is 11.7 Å². The summed E-state index contributed by atoms with van der Waals surface area (Å²) in [6, 6.07) is 3.70. The lowest BCUT2D eigenvalue weighted by molar-refractivity contribution is -0.137. The molecule has 19 heavy (non-hydrogen) atoms. The molecule has 0 N–H and O–H groups in total. The number of rotatable bonds is 1. The Labute approximate surface area is 110 Å². The van der Waals surface area contributed by atoms with E-state index in [4.69, 9.17) is 0 Å². The van der Waals surface area contributed by atoms with E-state index in [1.807, 2.05) is 11.6 Å². The van der Waals surface area contributed by atoms with Crippen LogP contribution in [0.1, 0.15) is 32.2 Å². The first kappa shape index (κ1) is 13.9. The lowest BCUT2D eigenvalue weighted by atomic mass is 9.92. The van der Waals surface area contributed by atoms with Gasteiger partial charge >= 0.3 is 6.18 Å². The second-order valence-corrected chi connectivity index (χ2v) is 6.03. The first-order valence-corrected chi connectivity index (χ1v) is 6.10. The van der Waals surface area contributed by atoms with Crippen LogP contribution in [0.4, 0.5) is 13.2 Å². The van der Waals surface area contributed by atoms with Gasteiger partial charge in [0.25, 0.3) is 0 Å². The van der Waals surface area contributed by atoms with Crippen LogP contribution in [0, 0.1) is 5.41 Å². The lowest BCUT2D eigenvalue weighted by Gasteiger charge is -2.17. The SMILES string of the molecule is Cn1c(CC(C)(C)C)nc2cc(C(F)(F)F)ccc21. The quantitative estimate of drug-likeness (QED) is 0.760. The van der Waals surface area contributed by atoms with E-state index in [2.05, 4.69) is 25.8 Å². The van der Waals surface area contributed by atoms with Crippen LogP contribution >= 0.6 is 0 Å². The molecule has 0 atom stereocenters. The molecule has 0 unspecified atom stereocenters. The average molecular weight is 270 g/mol. The number of aryl methyl sites for hydroxylation is 1. The Kier molecular flexibility index (Phi) is 3.11. The van der Waals surface area contributed by atoms with Crippen molar-refractivity contribution < 1.29 is 13.2 Å². The molecule has 0 fully saturated rings. The zero-order valence-corrected chi connectivity index (χ0v) is 11.5. The van der Waals surface area contributed by atoms with E-state index in [-0.39, 0.29) is 5.41 Å². The minimum absolute atomic E-state index is 0.0436. The summed E-state index contributed by atoms with van der Waals surface area (Å²) in [7, 11) is 1.84. The Hall–Kier alpha value is -1.52. The summed E-state index contributed by atoms with van der Waals surface area (Å²) in [6.45, 7) is 6.23. The van der Waals surface area contributed by atoms with E-state index in [1.165, 1.54) is 6.07 Å². The Morgan fingerprint density at radius 1 is 1.16 bits per heavy atom. The number of hydrogen-bond acceptors (Lipinski definition) is 1. The third kappa shape index (κ3) is 2.91. The normalized spacial score (nSPS) is 13.2. The lowest BCUT2D eigenvalue weighted by Crippen LogP contribution is -2.12. The van der Waals surface area contributed by atoms with Crippen molar-refractivity contribution in [2.24, 2.45) is 12.5 Å². The van der Waals surface area contributed by atoms with E-state index in [0.29, 0.717) is 5.52 Å². The van der Waals surface area contributed by atoms with Gasteiger partial charge in [-0.3, -0.25) is 0 Å². The number of hydrogen-bond donors (Lipinski definition) is 0. The van der Waals surface area contributed by atoms with Gasteiger partial charge in [-0.2, -0.15) is 13.2 Å². The number of alkyl halides is 3. The highest BCUT2D eigenvalue weighted by Crippen LogP contribution is 2.32. The van der Waals surface area contributed by atoms with Crippen LogP contribution in [0.5, 0.6) is 0 Å². The van der Waals surface area contributed by atoms with E-state index >= 15 is 0 Å². The van der Waals surface area contributed by atoms with Crippen LogP contribution < -0.4 is 0 Å². The van der Waals surface area contributed by atoms with Crippen molar-refractivity contribution in [3.63, 3.8) is 0 Å². The van der Waals surface area contributed by atoms with Crippen molar-refractivity contribution in [1.82, 2.24) is 9.55 Å². The molecule has 2 aromatic rings. The second-order valence-electron chi connectivity index (χ2n) is 6.03. The predicted molar refractivity (Wildman–Crippen MR) is 68.9 cm³/mol. The molecule has 5 heteroatoms. The van der Waals surface area contributed by atoms with Crippen LogP contribution in [-0.2, 0) is 19.6 Å². The molecule has 0 bridgehead atoms. The summed E-state index contributed by atoms with van der Waals surface area (Å²) < 4.78 is 39.8. The smallest absolute Gasteiger partial charge is 0.331 e. The van der Waals surface area contributed by atoms with Crippen molar-refractivity contribution in [3.05, 3.63) is 29.6 Å². The molecular formula is C14H17F3N2. The molecule has 1 aromatic carbocycles. The summed E-state index contributed by atoms with van der Waals surface area (Å²) in [6.07, 6.45) is -3.60. The van der Waals surface area contributed by atoms with Gasteiger partial charge in [-0.1, -0.05) is 20.8 Å². The van der Waals surface area contributed by atoms with Gasteiger partial charge in [-0.05, 0) is 23.6 Å². The van der Waals surface area contributed by atoms with E-state index in [9.17, 15) is 13.2 Å². The molecule has 1 aromatic heterocycles. The fourth-order valence-corrected chi connectivity index (χ4v) is 2.06. The highest BCUT2D eigenvalue weighted by molar-refractivity contribution is 5.77. The van der Waals surface area contributed by atoms with Gasteiger partial charge in [0, 0.05) is 13.5 Å². The molecule has 1 heterocycles. The van der Waals surface area contributed by atoms with Gasteiger partial charge in [0.1, 0.15) is 5.82 Å². The maximum Gasteiger partial charge on any atom is 0.416 e. The Morgan fingerprint density at radius 2 is 1.79 bits per heavy atom. The molecule has 2 rings (SSSR count). The van der Waals surface area contributed by atoms with E-state index in [0.717, 1.165) is 29.9 Å². The highest BCUT2D eigenvalue weighted by atomic mass is 19.4. The Bertz CT molecular complexity index is 603. The maximum absolute atomic E-state index is 12.7. The minimum atomic E-state index is -4.32. The minimum Gasteiger partial charge on any atom is -0.331 e. The van der Waals surface area contributed by atoms with Gasteiger partial charge in [0.15, 0.2) is 0 Å². The molecule has 0 spiro atoms. The third-order valence-corrected chi connectivity index (χ3v) is 2.99. The molecule has 0 aliphatic heterocycles. The second kappa shape index (κ2) is 4.25. The number of benzene rings is 1. The van der Waals surface area contributed by atoms with E-state index in [1.54, 1.807) is 0 Å². The van der Waals surface area contributed by atoms with Crippen molar-refractivity contribution >= 4 is 11.0 Å². The monoisotopic (exact) mass is 270 g/mol. The van der Waals surface area contributed by atoms with Crippen LogP contribution in [0.15, 0.2) is 18.2 Å². The first-order chi connectivity index (χ1) is 8.58. The van der Waals surface area contributed by atoms with Gasteiger partial charge in [0.2, 0.25) is 0 Å². The molecule has 2 nitrogen and oxygen atoms in total. The molecule has 0 amide bonds. The fraction of sp³-hybridized carbons (Fsp3) is 0.500. The number of fused-ring (bicyclic) bond motifs is 1. The molecule has 0 saturated heterocycles. The van der Waals surface area contributed by atoms with Crippen LogP contribution in [0.25, 0.3) is 11.0 Å². The maximum atomic E-state index is 12.7. The van der Waals surface area contributed by atoms with Crippen molar-refractivity contribution in [1.29, 1.82) is 0 Å². The fourth-order valence-electron chi connectivity index (χ4n) is 2.06. The zero-order valence-electron chi connectivity index (χ0n) is 11.5. The Morgan fingerprint density at radius 3 is 2.32 bits per heavy atom. The summed E-state index contributed by atoms with van der Waals surface area (Å²) in [5.74, 6) is 0.807. The largest absolute Gasteiger partial charge is 0.416 e. The van der Waals surface area contributed by atoms with Crippen molar-refractivity contribution in [2.75, 3.05) is 0 Å². The predicted octanol–water partition coefficient (Wildman–Crippen LogP) is 4.18. The Balaban J connectivity index is 2.51.